The number of carbonyl (C=O) groups excluding carboxylic acids is 3. The van der Waals surface area contributed by atoms with Crippen LogP contribution in [-0.4, -0.2) is 37.2 Å². The first kappa shape index (κ1) is 65.6. The van der Waals surface area contributed by atoms with Crippen molar-refractivity contribution in [2.45, 2.75) is 284 Å². The van der Waals surface area contributed by atoms with Crippen molar-refractivity contribution in [1.29, 1.82) is 0 Å². The van der Waals surface area contributed by atoms with Crippen molar-refractivity contribution >= 4 is 17.9 Å². The number of esters is 3. The normalized spacial score (nSPS) is 12.7. The van der Waals surface area contributed by atoms with Crippen LogP contribution in [0.3, 0.4) is 0 Å². The summed E-state index contributed by atoms with van der Waals surface area (Å²) in [5.74, 6) is -0.969. The van der Waals surface area contributed by atoms with Crippen molar-refractivity contribution in [2.75, 3.05) is 13.2 Å². The van der Waals surface area contributed by atoms with E-state index in [0.29, 0.717) is 19.3 Å². The lowest BCUT2D eigenvalue weighted by Gasteiger charge is -2.18. The quantitative estimate of drug-likeness (QED) is 0.0262. The average Bonchev–Trinajstić information content (AvgIpc) is 3.35. The third-order valence-corrected chi connectivity index (χ3v) is 12.4. The summed E-state index contributed by atoms with van der Waals surface area (Å²) in [6.45, 7) is 6.46. The zero-order valence-electron chi connectivity index (χ0n) is 45.3. The Morgan fingerprint density at radius 3 is 0.957 bits per heavy atom. The van der Waals surface area contributed by atoms with E-state index in [-0.39, 0.29) is 37.5 Å². The minimum absolute atomic E-state index is 0.102. The number of hydrogen-bond acceptors (Lipinski definition) is 6. The van der Waals surface area contributed by atoms with Crippen LogP contribution >= 0.6 is 0 Å². The van der Waals surface area contributed by atoms with Crippen molar-refractivity contribution in [3.8, 4) is 0 Å². The van der Waals surface area contributed by atoms with Gasteiger partial charge in [-0.05, 0) is 89.9 Å². The van der Waals surface area contributed by atoms with E-state index in [0.717, 1.165) is 103 Å². The predicted octanol–water partition coefficient (Wildman–Crippen LogP) is 19.5. The zero-order chi connectivity index (χ0) is 50.0. The van der Waals surface area contributed by atoms with Gasteiger partial charge < -0.3 is 14.2 Å². The molecule has 0 saturated carbocycles. The maximum atomic E-state index is 12.8. The molecule has 0 saturated heterocycles. The summed E-state index contributed by atoms with van der Waals surface area (Å²) in [6, 6.07) is 0. The minimum atomic E-state index is -0.812. The van der Waals surface area contributed by atoms with Gasteiger partial charge in [-0.2, -0.15) is 0 Å². The standard InChI is InChI=1S/C63H108O6/c1-4-7-10-13-16-19-22-25-28-30-31-33-35-38-41-44-47-50-53-56-62(65)68-59-60(58-67-61(64)55-52-49-46-43-40-37-34-27-24-21-18-15-12-9-6-3)69-63(66)57-54-51-48-45-42-39-36-32-29-26-23-20-17-14-11-8-5-2/h9,12,17-18,20-21,26-27,29,34,36,39,45,48,60H,4-8,10-11,13-16,19,22-25,28,30-33,35,37-38,40-44,46-47,49-59H2,1-3H3/b12-9-,20-17-,21-18-,29-26-,34-27-,39-36-,48-45-/t60-/m1/s1. The van der Waals surface area contributed by atoms with Crippen molar-refractivity contribution in [2.24, 2.45) is 0 Å². The topological polar surface area (TPSA) is 78.9 Å². The van der Waals surface area contributed by atoms with E-state index in [9.17, 15) is 14.4 Å². The minimum Gasteiger partial charge on any atom is -0.462 e. The Balaban J connectivity index is 4.45. The Labute approximate surface area is 426 Å². The van der Waals surface area contributed by atoms with Crippen molar-refractivity contribution in [1.82, 2.24) is 0 Å². The van der Waals surface area contributed by atoms with Crippen LogP contribution in [0.2, 0.25) is 0 Å². The molecule has 0 aliphatic rings. The molecule has 0 fully saturated rings. The molecule has 0 amide bonds. The molecule has 69 heavy (non-hydrogen) atoms. The highest BCUT2D eigenvalue weighted by molar-refractivity contribution is 5.71. The highest BCUT2D eigenvalue weighted by Gasteiger charge is 2.19. The van der Waals surface area contributed by atoms with Gasteiger partial charge in [0.1, 0.15) is 13.2 Å². The number of ether oxygens (including phenoxy) is 3. The summed E-state index contributed by atoms with van der Waals surface area (Å²) >= 11 is 0. The van der Waals surface area contributed by atoms with Gasteiger partial charge in [-0.15, -0.1) is 0 Å². The highest BCUT2D eigenvalue weighted by Crippen LogP contribution is 2.16. The molecule has 0 aliphatic carbocycles. The second kappa shape index (κ2) is 57.2. The van der Waals surface area contributed by atoms with Crippen LogP contribution in [0.5, 0.6) is 0 Å². The van der Waals surface area contributed by atoms with Gasteiger partial charge in [0.25, 0.3) is 0 Å². The van der Waals surface area contributed by atoms with Gasteiger partial charge in [-0.25, -0.2) is 0 Å². The van der Waals surface area contributed by atoms with Crippen LogP contribution in [0, 0.1) is 0 Å². The van der Waals surface area contributed by atoms with E-state index in [1.165, 1.54) is 128 Å². The molecule has 0 heterocycles. The SMILES string of the molecule is CC/C=C\C/C=C\C/C=C\CCCCCCCC(=O)OC[C@H](COC(=O)CCCCCCCCCCCCCCCCCCCCC)OC(=O)CCC/C=C\C/C=C\C/C=C\C/C=C\CCCCC. The van der Waals surface area contributed by atoms with Crippen LogP contribution in [0.25, 0.3) is 0 Å². The molecule has 0 bridgehead atoms. The molecule has 6 heteroatoms. The fraction of sp³-hybridized carbons (Fsp3) is 0.730. The summed E-state index contributed by atoms with van der Waals surface area (Å²) in [4.78, 5) is 38.1. The van der Waals surface area contributed by atoms with Crippen molar-refractivity contribution < 1.29 is 28.6 Å². The molecule has 0 aromatic rings. The van der Waals surface area contributed by atoms with Gasteiger partial charge in [0, 0.05) is 19.3 Å². The second-order valence-corrected chi connectivity index (χ2v) is 19.2. The average molecular weight is 962 g/mol. The molecular formula is C63H108O6. The van der Waals surface area contributed by atoms with E-state index in [4.69, 9.17) is 14.2 Å². The van der Waals surface area contributed by atoms with Gasteiger partial charge in [0.15, 0.2) is 6.10 Å². The summed E-state index contributed by atoms with van der Waals surface area (Å²) in [5, 5.41) is 0. The van der Waals surface area contributed by atoms with Crippen molar-refractivity contribution in [3.05, 3.63) is 85.1 Å². The monoisotopic (exact) mass is 961 g/mol. The highest BCUT2D eigenvalue weighted by atomic mass is 16.6. The Kier molecular flexibility index (Phi) is 54.3. The first-order valence-corrected chi connectivity index (χ1v) is 29.1. The van der Waals surface area contributed by atoms with E-state index in [2.05, 4.69) is 106 Å². The third kappa shape index (κ3) is 55.4. The Hall–Kier alpha value is -3.41. The molecule has 0 radical (unpaired) electrons. The Morgan fingerprint density at radius 1 is 0.304 bits per heavy atom. The number of hydrogen-bond donors (Lipinski definition) is 0. The first-order chi connectivity index (χ1) is 34.0. The van der Waals surface area contributed by atoms with Gasteiger partial charge in [0.2, 0.25) is 0 Å². The molecular weight excluding hydrogens is 853 g/mol. The second-order valence-electron chi connectivity index (χ2n) is 19.2. The number of carbonyl (C=O) groups is 3. The Bertz CT molecular complexity index is 1330. The smallest absolute Gasteiger partial charge is 0.306 e. The van der Waals surface area contributed by atoms with Crippen LogP contribution in [0.15, 0.2) is 85.1 Å². The molecule has 396 valence electrons. The largest absolute Gasteiger partial charge is 0.462 e. The number of unbranched alkanes of at least 4 members (excludes halogenated alkanes) is 27. The first-order valence-electron chi connectivity index (χ1n) is 29.1. The molecule has 1 atom stereocenters. The van der Waals surface area contributed by atoms with Gasteiger partial charge in [0.05, 0.1) is 0 Å². The molecule has 0 N–H and O–H groups in total. The summed E-state index contributed by atoms with van der Waals surface area (Å²) < 4.78 is 16.8. The van der Waals surface area contributed by atoms with Gasteiger partial charge >= 0.3 is 17.9 Å². The molecule has 0 aromatic heterocycles. The fourth-order valence-electron chi connectivity index (χ4n) is 8.04. The summed E-state index contributed by atoms with van der Waals surface area (Å²) in [5.41, 5.74) is 0. The van der Waals surface area contributed by atoms with Gasteiger partial charge in [-0.1, -0.05) is 254 Å². The lowest BCUT2D eigenvalue weighted by atomic mass is 10.0. The van der Waals surface area contributed by atoms with E-state index in [1.807, 2.05) is 0 Å². The van der Waals surface area contributed by atoms with E-state index >= 15 is 0 Å². The Morgan fingerprint density at radius 2 is 0.580 bits per heavy atom. The number of allylic oxidation sites excluding steroid dienone is 14. The summed E-state index contributed by atoms with van der Waals surface area (Å²) in [7, 11) is 0. The molecule has 0 rings (SSSR count). The lowest BCUT2D eigenvalue weighted by molar-refractivity contribution is -0.167. The maximum Gasteiger partial charge on any atom is 0.306 e. The maximum absolute atomic E-state index is 12.8. The zero-order valence-corrected chi connectivity index (χ0v) is 45.3. The van der Waals surface area contributed by atoms with Crippen LogP contribution < -0.4 is 0 Å². The molecule has 0 aliphatic heterocycles. The van der Waals surface area contributed by atoms with E-state index in [1.54, 1.807) is 0 Å². The van der Waals surface area contributed by atoms with Crippen LogP contribution in [-0.2, 0) is 28.6 Å². The molecule has 0 unspecified atom stereocenters. The third-order valence-electron chi connectivity index (χ3n) is 12.4. The molecule has 6 nitrogen and oxygen atoms in total. The molecule has 0 aromatic carbocycles. The predicted molar refractivity (Wildman–Crippen MR) is 297 cm³/mol. The van der Waals surface area contributed by atoms with Gasteiger partial charge in [-0.3, -0.25) is 14.4 Å². The lowest BCUT2D eigenvalue weighted by Crippen LogP contribution is -2.30. The van der Waals surface area contributed by atoms with Crippen LogP contribution in [0.4, 0.5) is 0 Å². The summed E-state index contributed by atoms with van der Waals surface area (Å²) in [6.07, 6.45) is 74.4. The fourth-order valence-corrected chi connectivity index (χ4v) is 8.04. The molecule has 0 spiro atoms. The van der Waals surface area contributed by atoms with Crippen LogP contribution in [0.1, 0.15) is 278 Å². The van der Waals surface area contributed by atoms with E-state index < -0.39 is 6.10 Å². The van der Waals surface area contributed by atoms with Crippen molar-refractivity contribution in [3.63, 3.8) is 0 Å². The number of rotatable bonds is 52.